The summed E-state index contributed by atoms with van der Waals surface area (Å²) in [4.78, 5) is 13.1. The van der Waals surface area contributed by atoms with Crippen molar-refractivity contribution >= 4 is 15.7 Å². The number of halogens is 5. The Hall–Kier alpha value is -2.74. The SMILES string of the molecule is CCn1nc(C(=O)NCC2(O)CCC(S(C)(=O)=O)CC2)c(C)c1-c1ccc(CC(C)C(F)(F)F)cc1OC(F)F. The summed E-state index contributed by atoms with van der Waals surface area (Å²) in [6.07, 6.45) is -2.83. The zero-order valence-electron chi connectivity index (χ0n) is 22.7. The van der Waals surface area contributed by atoms with Gasteiger partial charge in [-0.15, -0.1) is 0 Å². The van der Waals surface area contributed by atoms with Crippen LogP contribution in [0.1, 0.15) is 61.1 Å². The van der Waals surface area contributed by atoms with Gasteiger partial charge in [0.1, 0.15) is 15.6 Å². The van der Waals surface area contributed by atoms with Crippen LogP contribution >= 0.6 is 0 Å². The average molecular weight is 596 g/mol. The molecule has 0 aliphatic heterocycles. The van der Waals surface area contributed by atoms with Crippen LogP contribution in [0.2, 0.25) is 0 Å². The number of sulfone groups is 1. The van der Waals surface area contributed by atoms with Gasteiger partial charge in [-0.25, -0.2) is 8.42 Å². The molecule has 1 atom stereocenters. The summed E-state index contributed by atoms with van der Waals surface area (Å²) in [5.41, 5.74) is -0.423. The molecule has 3 rings (SSSR count). The van der Waals surface area contributed by atoms with E-state index in [2.05, 4.69) is 15.2 Å². The molecule has 1 unspecified atom stereocenters. The van der Waals surface area contributed by atoms with E-state index < -0.39 is 51.7 Å². The topological polar surface area (TPSA) is 111 Å². The van der Waals surface area contributed by atoms with Crippen molar-refractivity contribution in [2.45, 2.75) is 83.1 Å². The standard InChI is InChI=1S/C26H34F5N3O5S/c1-5-34-22(19-7-6-17(12-15(2)26(29,30)31)13-20(19)39-24(27)28)16(3)21(33-34)23(35)32-14-25(36)10-8-18(9-11-25)40(4,37)38/h6-7,13,15,18,24,36H,5,8-12,14H2,1-4H3,(H,32,35). The van der Waals surface area contributed by atoms with Crippen LogP contribution in [0.15, 0.2) is 18.2 Å². The zero-order chi connectivity index (χ0) is 30.0. The highest BCUT2D eigenvalue weighted by atomic mass is 32.2. The van der Waals surface area contributed by atoms with Gasteiger partial charge < -0.3 is 15.2 Å². The van der Waals surface area contributed by atoms with E-state index in [-0.39, 0.29) is 67.0 Å². The van der Waals surface area contributed by atoms with E-state index >= 15 is 0 Å². The van der Waals surface area contributed by atoms with Crippen molar-refractivity contribution in [3.05, 3.63) is 35.0 Å². The van der Waals surface area contributed by atoms with Crippen LogP contribution in [0.5, 0.6) is 5.75 Å². The Balaban J connectivity index is 1.86. The Morgan fingerprint density at radius 1 is 1.27 bits per heavy atom. The average Bonchev–Trinajstić information content (AvgIpc) is 3.17. The van der Waals surface area contributed by atoms with E-state index in [0.717, 1.165) is 19.2 Å². The van der Waals surface area contributed by atoms with Crippen molar-refractivity contribution < 1.29 is 45.0 Å². The van der Waals surface area contributed by atoms with Crippen molar-refractivity contribution in [3.63, 3.8) is 0 Å². The molecule has 0 saturated heterocycles. The molecule has 1 saturated carbocycles. The van der Waals surface area contributed by atoms with Gasteiger partial charge in [-0.3, -0.25) is 9.48 Å². The maximum atomic E-state index is 13.3. The first-order valence-electron chi connectivity index (χ1n) is 12.9. The Morgan fingerprint density at radius 2 is 1.90 bits per heavy atom. The molecule has 40 heavy (non-hydrogen) atoms. The first kappa shape index (κ1) is 31.8. The highest BCUT2D eigenvalue weighted by Crippen LogP contribution is 2.37. The second kappa shape index (κ2) is 12.0. The molecule has 0 spiro atoms. The molecule has 1 heterocycles. The number of benzene rings is 1. The first-order valence-corrected chi connectivity index (χ1v) is 14.8. The molecular formula is C26H34F5N3O5S. The number of aliphatic hydroxyl groups is 1. The van der Waals surface area contributed by atoms with Crippen LogP contribution in [0.25, 0.3) is 11.3 Å². The maximum absolute atomic E-state index is 13.3. The number of hydrogen-bond donors (Lipinski definition) is 2. The molecule has 14 heteroatoms. The Bertz CT molecular complexity index is 1320. The molecule has 2 aromatic rings. The predicted molar refractivity (Wildman–Crippen MR) is 138 cm³/mol. The Kier molecular flexibility index (Phi) is 9.55. The summed E-state index contributed by atoms with van der Waals surface area (Å²) in [6.45, 7) is 1.13. The summed E-state index contributed by atoms with van der Waals surface area (Å²) < 4.78 is 95.4. The third-order valence-corrected chi connectivity index (χ3v) is 9.05. The molecule has 0 bridgehead atoms. The molecule has 1 aliphatic rings. The lowest BCUT2D eigenvalue weighted by Gasteiger charge is -2.35. The normalized spacial score (nSPS) is 20.9. The lowest BCUT2D eigenvalue weighted by atomic mass is 9.84. The monoisotopic (exact) mass is 595 g/mol. The van der Waals surface area contributed by atoms with Gasteiger partial charge in [0.15, 0.2) is 5.69 Å². The minimum absolute atomic E-state index is 0.0250. The predicted octanol–water partition coefficient (Wildman–Crippen LogP) is 4.67. The van der Waals surface area contributed by atoms with Crippen LogP contribution in [-0.2, 0) is 22.8 Å². The lowest BCUT2D eigenvalue weighted by molar-refractivity contribution is -0.169. The summed E-state index contributed by atoms with van der Waals surface area (Å²) in [7, 11) is -3.23. The first-order chi connectivity index (χ1) is 18.4. The highest BCUT2D eigenvalue weighted by molar-refractivity contribution is 7.91. The number of hydrogen-bond acceptors (Lipinski definition) is 6. The summed E-state index contributed by atoms with van der Waals surface area (Å²) in [5.74, 6) is -2.67. The van der Waals surface area contributed by atoms with Crippen LogP contribution in [0.3, 0.4) is 0 Å². The van der Waals surface area contributed by atoms with Gasteiger partial charge in [-0.05, 0) is 63.6 Å². The van der Waals surface area contributed by atoms with Crippen molar-refractivity contribution in [2.24, 2.45) is 5.92 Å². The van der Waals surface area contributed by atoms with Gasteiger partial charge in [-0.1, -0.05) is 13.0 Å². The van der Waals surface area contributed by atoms with Crippen molar-refractivity contribution in [2.75, 3.05) is 12.8 Å². The van der Waals surface area contributed by atoms with Crippen LogP contribution in [-0.4, -0.2) is 65.7 Å². The van der Waals surface area contributed by atoms with Crippen molar-refractivity contribution in [1.82, 2.24) is 15.1 Å². The van der Waals surface area contributed by atoms with Gasteiger partial charge in [-0.2, -0.15) is 27.1 Å². The number of aromatic nitrogens is 2. The molecule has 1 aromatic carbocycles. The molecule has 1 aromatic heterocycles. The summed E-state index contributed by atoms with van der Waals surface area (Å²) >= 11 is 0. The molecule has 1 fully saturated rings. The minimum atomic E-state index is -4.46. The molecule has 1 amide bonds. The minimum Gasteiger partial charge on any atom is -0.434 e. The number of rotatable bonds is 10. The van der Waals surface area contributed by atoms with E-state index in [1.807, 2.05) is 0 Å². The second-order valence-electron chi connectivity index (χ2n) is 10.4. The number of ether oxygens (including phenoxy) is 1. The number of carbonyl (C=O) groups is 1. The number of amides is 1. The molecule has 2 N–H and O–H groups in total. The molecule has 224 valence electrons. The number of nitrogens with zero attached hydrogens (tertiary/aromatic N) is 2. The number of carbonyl (C=O) groups excluding carboxylic acids is 1. The summed E-state index contributed by atoms with van der Waals surface area (Å²) in [6, 6.07) is 3.90. The fraction of sp³-hybridized carbons (Fsp3) is 0.615. The molecular weight excluding hydrogens is 561 g/mol. The van der Waals surface area contributed by atoms with Gasteiger partial charge in [0.25, 0.3) is 5.91 Å². The number of nitrogens with one attached hydrogen (secondary N) is 1. The van der Waals surface area contributed by atoms with Crippen LogP contribution in [0.4, 0.5) is 22.0 Å². The molecule has 1 aliphatic carbocycles. The van der Waals surface area contributed by atoms with Gasteiger partial charge in [0.2, 0.25) is 0 Å². The molecule has 8 nitrogen and oxygen atoms in total. The Morgan fingerprint density at radius 3 is 2.42 bits per heavy atom. The van der Waals surface area contributed by atoms with Crippen LogP contribution in [0, 0.1) is 12.8 Å². The quantitative estimate of drug-likeness (QED) is 0.387. The van der Waals surface area contributed by atoms with Gasteiger partial charge >= 0.3 is 12.8 Å². The van der Waals surface area contributed by atoms with E-state index in [1.165, 1.54) is 16.8 Å². The van der Waals surface area contributed by atoms with E-state index in [4.69, 9.17) is 0 Å². The van der Waals surface area contributed by atoms with Gasteiger partial charge in [0.05, 0.1) is 22.5 Å². The second-order valence-corrected chi connectivity index (χ2v) is 12.8. The Labute approximate surface area is 229 Å². The van der Waals surface area contributed by atoms with Crippen molar-refractivity contribution in [1.29, 1.82) is 0 Å². The smallest absolute Gasteiger partial charge is 0.391 e. The van der Waals surface area contributed by atoms with Gasteiger partial charge in [0, 0.05) is 30.5 Å². The van der Waals surface area contributed by atoms with Crippen LogP contribution < -0.4 is 10.1 Å². The highest BCUT2D eigenvalue weighted by Gasteiger charge is 2.38. The fourth-order valence-corrected chi connectivity index (χ4v) is 6.04. The molecule has 0 radical (unpaired) electrons. The third-order valence-electron chi connectivity index (χ3n) is 7.37. The van der Waals surface area contributed by atoms with E-state index in [9.17, 15) is 40.3 Å². The largest absolute Gasteiger partial charge is 0.434 e. The van der Waals surface area contributed by atoms with E-state index in [1.54, 1.807) is 13.8 Å². The van der Waals surface area contributed by atoms with Crippen molar-refractivity contribution in [3.8, 4) is 17.0 Å². The number of aryl methyl sites for hydroxylation is 1. The third kappa shape index (κ3) is 7.50. The summed E-state index contributed by atoms with van der Waals surface area (Å²) in [5, 5.41) is 17.3. The fourth-order valence-electron chi connectivity index (χ4n) is 4.95. The zero-order valence-corrected chi connectivity index (χ0v) is 23.5. The maximum Gasteiger partial charge on any atom is 0.391 e. The lowest BCUT2D eigenvalue weighted by Crippen LogP contribution is -2.47. The number of alkyl halides is 5. The van der Waals surface area contributed by atoms with E-state index in [0.29, 0.717) is 5.56 Å².